The fourth-order valence-electron chi connectivity index (χ4n) is 1.67. The molecule has 5 heteroatoms. The number of nitrogens with one attached hydrogen (secondary N) is 2. The Labute approximate surface area is 129 Å². The first-order valence-electron chi connectivity index (χ1n) is 6.53. The Hall–Kier alpha value is -2.40. The van der Waals surface area contributed by atoms with Crippen LogP contribution in [0.15, 0.2) is 59.7 Å². The number of hydrazone groups is 1. The molecule has 0 unspecified atom stereocenters. The number of ether oxygens (including phenoxy) is 1. The van der Waals surface area contributed by atoms with Crippen molar-refractivity contribution in [2.75, 3.05) is 7.11 Å². The smallest absolute Gasteiger partial charge is 0.187 e. The molecule has 0 spiro atoms. The van der Waals surface area contributed by atoms with E-state index in [1.54, 1.807) is 13.3 Å². The Kier molecular flexibility index (Phi) is 5.72. The summed E-state index contributed by atoms with van der Waals surface area (Å²) >= 11 is 5.15. The van der Waals surface area contributed by atoms with Gasteiger partial charge in [-0.2, -0.15) is 5.10 Å². The van der Waals surface area contributed by atoms with E-state index in [1.165, 1.54) is 5.56 Å². The Morgan fingerprint density at radius 3 is 2.52 bits per heavy atom. The lowest BCUT2D eigenvalue weighted by molar-refractivity contribution is 0.415. The fraction of sp³-hybridized carbons (Fsp3) is 0.125. The van der Waals surface area contributed by atoms with Gasteiger partial charge < -0.3 is 10.1 Å². The van der Waals surface area contributed by atoms with Crippen LogP contribution in [0.5, 0.6) is 5.75 Å². The summed E-state index contributed by atoms with van der Waals surface area (Å²) in [5, 5.41) is 7.67. The molecule has 2 aromatic carbocycles. The molecule has 0 aliphatic heterocycles. The minimum absolute atomic E-state index is 0.489. The van der Waals surface area contributed by atoms with Crippen LogP contribution in [0.2, 0.25) is 0 Å². The third kappa shape index (κ3) is 5.24. The van der Waals surface area contributed by atoms with Crippen LogP contribution in [0, 0.1) is 0 Å². The quantitative estimate of drug-likeness (QED) is 0.506. The van der Waals surface area contributed by atoms with E-state index >= 15 is 0 Å². The first kappa shape index (κ1) is 15.0. The Morgan fingerprint density at radius 1 is 1.14 bits per heavy atom. The molecular weight excluding hydrogens is 282 g/mol. The van der Waals surface area contributed by atoms with E-state index in [2.05, 4.69) is 15.8 Å². The SMILES string of the molecule is COc1ccc(/C=N\NC(=S)NCc2ccccc2)cc1. The molecule has 0 atom stereocenters. The molecule has 2 aromatic rings. The highest BCUT2D eigenvalue weighted by Gasteiger charge is 1.94. The van der Waals surface area contributed by atoms with Gasteiger partial charge in [0.25, 0.3) is 0 Å². The summed E-state index contributed by atoms with van der Waals surface area (Å²) in [5.74, 6) is 0.820. The molecule has 0 fully saturated rings. The van der Waals surface area contributed by atoms with Crippen LogP contribution in [0.1, 0.15) is 11.1 Å². The molecule has 0 heterocycles. The summed E-state index contributed by atoms with van der Waals surface area (Å²) in [6.07, 6.45) is 1.70. The van der Waals surface area contributed by atoms with Crippen molar-refractivity contribution in [3.05, 3.63) is 65.7 Å². The van der Waals surface area contributed by atoms with Crippen LogP contribution in [0.25, 0.3) is 0 Å². The van der Waals surface area contributed by atoms with Gasteiger partial charge in [-0.05, 0) is 47.6 Å². The molecule has 21 heavy (non-hydrogen) atoms. The van der Waals surface area contributed by atoms with Gasteiger partial charge in [0.15, 0.2) is 5.11 Å². The van der Waals surface area contributed by atoms with Crippen molar-refractivity contribution in [3.63, 3.8) is 0 Å². The van der Waals surface area contributed by atoms with Gasteiger partial charge in [-0.15, -0.1) is 0 Å². The minimum Gasteiger partial charge on any atom is -0.497 e. The molecule has 0 saturated heterocycles. The van der Waals surface area contributed by atoms with Crippen LogP contribution in [0.4, 0.5) is 0 Å². The maximum absolute atomic E-state index is 5.15. The highest BCUT2D eigenvalue weighted by molar-refractivity contribution is 7.80. The van der Waals surface area contributed by atoms with E-state index in [0.717, 1.165) is 11.3 Å². The van der Waals surface area contributed by atoms with Crippen molar-refractivity contribution in [3.8, 4) is 5.75 Å². The summed E-state index contributed by atoms with van der Waals surface area (Å²) in [6.45, 7) is 0.671. The number of hydrogen-bond acceptors (Lipinski definition) is 3. The lowest BCUT2D eigenvalue weighted by atomic mass is 10.2. The Balaban J connectivity index is 1.76. The predicted octanol–water partition coefficient (Wildman–Crippen LogP) is 2.69. The fourth-order valence-corrected chi connectivity index (χ4v) is 1.80. The van der Waals surface area contributed by atoms with Gasteiger partial charge >= 0.3 is 0 Å². The monoisotopic (exact) mass is 299 g/mol. The molecule has 0 aliphatic rings. The van der Waals surface area contributed by atoms with E-state index in [0.29, 0.717) is 11.7 Å². The summed E-state index contributed by atoms with van der Waals surface area (Å²) in [4.78, 5) is 0. The van der Waals surface area contributed by atoms with Crippen LogP contribution < -0.4 is 15.5 Å². The van der Waals surface area contributed by atoms with Crippen molar-refractivity contribution in [2.24, 2.45) is 5.10 Å². The number of benzene rings is 2. The van der Waals surface area contributed by atoms with Gasteiger partial charge in [-0.3, -0.25) is 5.43 Å². The van der Waals surface area contributed by atoms with Gasteiger partial charge in [-0.25, -0.2) is 0 Å². The molecule has 0 amide bonds. The molecule has 108 valence electrons. The minimum atomic E-state index is 0.489. The standard InChI is InChI=1S/C16H17N3OS/c1-20-15-9-7-14(8-10-15)12-18-19-16(21)17-11-13-5-3-2-4-6-13/h2-10,12H,11H2,1H3,(H2,17,19,21)/b18-12-. The summed E-state index contributed by atoms with van der Waals surface area (Å²) < 4.78 is 5.09. The number of thiocarbonyl (C=S) groups is 1. The third-order valence-corrected chi connectivity index (χ3v) is 3.03. The molecule has 2 N–H and O–H groups in total. The van der Waals surface area contributed by atoms with E-state index in [4.69, 9.17) is 17.0 Å². The van der Waals surface area contributed by atoms with Gasteiger partial charge in [0.05, 0.1) is 13.3 Å². The van der Waals surface area contributed by atoms with Crippen molar-refractivity contribution in [1.29, 1.82) is 0 Å². The third-order valence-electron chi connectivity index (χ3n) is 2.79. The zero-order chi connectivity index (χ0) is 14.9. The van der Waals surface area contributed by atoms with Crippen LogP contribution in [-0.2, 0) is 6.54 Å². The molecule has 0 radical (unpaired) electrons. The van der Waals surface area contributed by atoms with Gasteiger partial charge in [-0.1, -0.05) is 30.3 Å². The number of rotatable bonds is 5. The summed E-state index contributed by atoms with van der Waals surface area (Å²) in [7, 11) is 1.64. The van der Waals surface area contributed by atoms with Gasteiger partial charge in [0.1, 0.15) is 5.75 Å². The lowest BCUT2D eigenvalue weighted by Gasteiger charge is -2.06. The van der Waals surface area contributed by atoms with Crippen LogP contribution in [0.3, 0.4) is 0 Å². The van der Waals surface area contributed by atoms with Crippen molar-refractivity contribution in [1.82, 2.24) is 10.7 Å². The van der Waals surface area contributed by atoms with Crippen molar-refractivity contribution >= 4 is 23.5 Å². The van der Waals surface area contributed by atoms with Crippen molar-refractivity contribution in [2.45, 2.75) is 6.54 Å². The molecular formula is C16H17N3OS. The molecule has 0 bridgehead atoms. The van der Waals surface area contributed by atoms with E-state index in [1.807, 2.05) is 54.6 Å². The first-order chi connectivity index (χ1) is 10.3. The summed E-state index contributed by atoms with van der Waals surface area (Å²) in [6, 6.07) is 17.7. The average molecular weight is 299 g/mol. The number of hydrogen-bond donors (Lipinski definition) is 2. The van der Waals surface area contributed by atoms with E-state index in [9.17, 15) is 0 Å². The zero-order valence-electron chi connectivity index (χ0n) is 11.7. The molecule has 0 aliphatic carbocycles. The summed E-state index contributed by atoms with van der Waals surface area (Å²) in [5.41, 5.74) is 4.92. The normalized spacial score (nSPS) is 10.3. The number of methoxy groups -OCH3 is 1. The van der Waals surface area contributed by atoms with Gasteiger partial charge in [0.2, 0.25) is 0 Å². The van der Waals surface area contributed by atoms with Crippen LogP contribution in [-0.4, -0.2) is 18.4 Å². The molecule has 2 rings (SSSR count). The Morgan fingerprint density at radius 2 is 1.86 bits per heavy atom. The number of nitrogens with zero attached hydrogens (tertiary/aromatic N) is 1. The second-order valence-corrected chi connectivity index (χ2v) is 4.72. The van der Waals surface area contributed by atoms with E-state index in [-0.39, 0.29) is 0 Å². The van der Waals surface area contributed by atoms with Crippen molar-refractivity contribution < 1.29 is 4.74 Å². The largest absolute Gasteiger partial charge is 0.497 e. The topological polar surface area (TPSA) is 45.6 Å². The maximum Gasteiger partial charge on any atom is 0.187 e. The van der Waals surface area contributed by atoms with Gasteiger partial charge in [0, 0.05) is 6.54 Å². The molecule has 4 nitrogen and oxygen atoms in total. The second kappa shape index (κ2) is 8.01. The highest BCUT2D eigenvalue weighted by Crippen LogP contribution is 2.09. The maximum atomic E-state index is 5.15. The lowest BCUT2D eigenvalue weighted by Crippen LogP contribution is -2.31. The zero-order valence-corrected chi connectivity index (χ0v) is 12.6. The molecule has 0 saturated carbocycles. The second-order valence-electron chi connectivity index (χ2n) is 4.31. The average Bonchev–Trinajstić information content (AvgIpc) is 2.54. The highest BCUT2D eigenvalue weighted by atomic mass is 32.1. The van der Waals surface area contributed by atoms with E-state index < -0.39 is 0 Å². The first-order valence-corrected chi connectivity index (χ1v) is 6.93. The van der Waals surface area contributed by atoms with Crippen LogP contribution >= 0.6 is 12.2 Å². The predicted molar refractivity (Wildman–Crippen MR) is 89.6 cm³/mol. The molecule has 0 aromatic heterocycles. The Bertz CT molecular complexity index is 597.